The van der Waals surface area contributed by atoms with Gasteiger partial charge < -0.3 is 15.5 Å². The highest BCUT2D eigenvalue weighted by Crippen LogP contribution is 2.21. The minimum Gasteiger partial charge on any atom is -0.343 e. The summed E-state index contributed by atoms with van der Waals surface area (Å²) in [5.41, 5.74) is 0.697. The standard InChI is InChI=1S/C20H26N4O4/c1-13(2)24-17(25)11-16(19(24)27)22-18(26)14-7-6-10-23(12-14)20(28)21-15-8-4-3-5-9-15/h3-5,8-9,13-14,16H,6-7,10-12H2,1-2H3,(H,21,28)(H,22,26). The van der Waals surface area contributed by atoms with Crippen molar-refractivity contribution in [2.24, 2.45) is 5.92 Å². The number of hydrogen-bond donors (Lipinski definition) is 2. The fraction of sp³-hybridized carbons (Fsp3) is 0.500. The lowest BCUT2D eigenvalue weighted by Crippen LogP contribution is -2.50. The molecule has 2 atom stereocenters. The summed E-state index contributed by atoms with van der Waals surface area (Å²) in [5.74, 6) is -1.30. The molecule has 0 saturated carbocycles. The zero-order valence-corrected chi connectivity index (χ0v) is 16.2. The molecule has 2 aliphatic heterocycles. The van der Waals surface area contributed by atoms with Crippen LogP contribution in [0.15, 0.2) is 30.3 Å². The molecule has 0 spiro atoms. The van der Waals surface area contributed by atoms with E-state index in [1.54, 1.807) is 30.9 Å². The summed E-state index contributed by atoms with van der Waals surface area (Å²) >= 11 is 0. The van der Waals surface area contributed by atoms with Crippen LogP contribution in [0, 0.1) is 5.92 Å². The first-order valence-corrected chi connectivity index (χ1v) is 9.64. The molecule has 150 valence electrons. The first-order chi connectivity index (χ1) is 13.4. The number of urea groups is 1. The third-order valence-corrected chi connectivity index (χ3v) is 5.12. The Morgan fingerprint density at radius 2 is 1.86 bits per heavy atom. The largest absolute Gasteiger partial charge is 0.343 e. The van der Waals surface area contributed by atoms with Crippen LogP contribution in [0.3, 0.4) is 0 Å². The Bertz CT molecular complexity index is 765. The minimum absolute atomic E-state index is 0.00627. The number of piperidine rings is 1. The number of carbonyl (C=O) groups excluding carboxylic acids is 4. The zero-order valence-electron chi connectivity index (χ0n) is 16.2. The first-order valence-electron chi connectivity index (χ1n) is 9.64. The lowest BCUT2D eigenvalue weighted by atomic mass is 9.97. The van der Waals surface area contributed by atoms with Crippen molar-refractivity contribution in [3.05, 3.63) is 30.3 Å². The van der Waals surface area contributed by atoms with Gasteiger partial charge in [-0.3, -0.25) is 19.3 Å². The van der Waals surface area contributed by atoms with Gasteiger partial charge in [0.1, 0.15) is 6.04 Å². The Morgan fingerprint density at radius 1 is 1.14 bits per heavy atom. The summed E-state index contributed by atoms with van der Waals surface area (Å²) in [6.45, 7) is 4.40. The monoisotopic (exact) mass is 386 g/mol. The average Bonchev–Trinajstić information content (AvgIpc) is 2.96. The van der Waals surface area contributed by atoms with Crippen molar-refractivity contribution in [3.63, 3.8) is 0 Å². The highest BCUT2D eigenvalue weighted by Gasteiger charge is 2.41. The molecule has 2 N–H and O–H groups in total. The zero-order chi connectivity index (χ0) is 20.3. The second-order valence-corrected chi connectivity index (χ2v) is 7.54. The average molecular weight is 386 g/mol. The summed E-state index contributed by atoms with van der Waals surface area (Å²) in [6, 6.07) is 7.85. The molecule has 0 bridgehead atoms. The van der Waals surface area contributed by atoms with Crippen LogP contribution in [-0.4, -0.2) is 58.7 Å². The molecule has 0 radical (unpaired) electrons. The maximum absolute atomic E-state index is 12.7. The van der Waals surface area contributed by atoms with Gasteiger partial charge in [0.15, 0.2) is 0 Å². The smallest absolute Gasteiger partial charge is 0.321 e. The Hall–Kier alpha value is -2.90. The summed E-state index contributed by atoms with van der Waals surface area (Å²) in [6.07, 6.45) is 1.34. The predicted molar refractivity (Wildman–Crippen MR) is 103 cm³/mol. The maximum Gasteiger partial charge on any atom is 0.321 e. The molecule has 28 heavy (non-hydrogen) atoms. The second kappa shape index (κ2) is 8.41. The van der Waals surface area contributed by atoms with Gasteiger partial charge in [-0.2, -0.15) is 0 Å². The van der Waals surface area contributed by atoms with Crippen LogP contribution < -0.4 is 10.6 Å². The van der Waals surface area contributed by atoms with Gasteiger partial charge in [-0.05, 0) is 38.8 Å². The molecule has 1 aromatic rings. The quantitative estimate of drug-likeness (QED) is 0.768. The fourth-order valence-electron chi connectivity index (χ4n) is 3.70. The van der Waals surface area contributed by atoms with E-state index < -0.39 is 12.0 Å². The van der Waals surface area contributed by atoms with E-state index in [1.165, 1.54) is 4.90 Å². The Labute approximate surface area is 164 Å². The lowest BCUT2D eigenvalue weighted by molar-refractivity contribution is -0.141. The normalized spacial score (nSPS) is 22.5. The summed E-state index contributed by atoms with van der Waals surface area (Å²) in [5, 5.41) is 5.54. The van der Waals surface area contributed by atoms with Crippen LogP contribution in [0.4, 0.5) is 10.5 Å². The Kier molecular flexibility index (Phi) is 5.96. The third-order valence-electron chi connectivity index (χ3n) is 5.12. The van der Waals surface area contributed by atoms with Gasteiger partial charge in [-0.1, -0.05) is 18.2 Å². The lowest BCUT2D eigenvalue weighted by Gasteiger charge is -2.32. The highest BCUT2D eigenvalue weighted by atomic mass is 16.2. The molecule has 2 heterocycles. The molecule has 3 rings (SSSR count). The number of rotatable bonds is 4. The van der Waals surface area contributed by atoms with Crippen LogP contribution in [0.1, 0.15) is 33.1 Å². The van der Waals surface area contributed by atoms with Crippen LogP contribution in [0.25, 0.3) is 0 Å². The van der Waals surface area contributed by atoms with E-state index in [-0.39, 0.29) is 42.8 Å². The van der Waals surface area contributed by atoms with Crippen molar-refractivity contribution < 1.29 is 19.2 Å². The summed E-state index contributed by atoms with van der Waals surface area (Å²) in [4.78, 5) is 52.3. The van der Waals surface area contributed by atoms with Crippen LogP contribution >= 0.6 is 0 Å². The van der Waals surface area contributed by atoms with E-state index in [1.807, 2.05) is 18.2 Å². The van der Waals surface area contributed by atoms with E-state index in [4.69, 9.17) is 0 Å². The van der Waals surface area contributed by atoms with Gasteiger partial charge in [-0.15, -0.1) is 0 Å². The molecular formula is C20H26N4O4. The van der Waals surface area contributed by atoms with Gasteiger partial charge in [0, 0.05) is 24.8 Å². The maximum atomic E-state index is 12.7. The molecule has 0 aliphatic carbocycles. The second-order valence-electron chi connectivity index (χ2n) is 7.54. The van der Waals surface area contributed by atoms with Crippen LogP contribution in [-0.2, 0) is 14.4 Å². The molecule has 8 heteroatoms. The number of likely N-dealkylation sites (tertiary alicyclic amines) is 2. The number of nitrogens with one attached hydrogen (secondary N) is 2. The number of nitrogens with zero attached hydrogens (tertiary/aromatic N) is 2. The van der Waals surface area contributed by atoms with E-state index in [2.05, 4.69) is 10.6 Å². The number of para-hydroxylation sites is 1. The van der Waals surface area contributed by atoms with Crippen molar-refractivity contribution >= 4 is 29.4 Å². The molecule has 2 unspecified atom stereocenters. The van der Waals surface area contributed by atoms with E-state index >= 15 is 0 Å². The number of carbonyl (C=O) groups is 4. The van der Waals surface area contributed by atoms with Gasteiger partial charge in [0.25, 0.3) is 5.91 Å². The van der Waals surface area contributed by atoms with Gasteiger partial charge in [0.2, 0.25) is 11.8 Å². The molecule has 1 aromatic carbocycles. The molecule has 2 aliphatic rings. The highest BCUT2D eigenvalue weighted by molar-refractivity contribution is 6.07. The molecule has 2 saturated heterocycles. The van der Waals surface area contributed by atoms with E-state index in [9.17, 15) is 19.2 Å². The topological polar surface area (TPSA) is 98.8 Å². The third kappa shape index (κ3) is 4.32. The molecule has 2 fully saturated rings. The molecule has 5 amide bonds. The summed E-state index contributed by atoms with van der Waals surface area (Å²) < 4.78 is 0. The SMILES string of the molecule is CC(C)N1C(=O)CC(NC(=O)C2CCCN(C(=O)Nc3ccccc3)C2)C1=O. The first kappa shape index (κ1) is 19.9. The van der Waals surface area contributed by atoms with Crippen LogP contribution in [0.2, 0.25) is 0 Å². The van der Waals surface area contributed by atoms with Crippen LogP contribution in [0.5, 0.6) is 0 Å². The van der Waals surface area contributed by atoms with E-state index in [0.717, 1.165) is 0 Å². The predicted octanol–water partition coefficient (Wildman–Crippen LogP) is 1.58. The van der Waals surface area contributed by atoms with Gasteiger partial charge >= 0.3 is 6.03 Å². The molecule has 0 aromatic heterocycles. The number of hydrogen-bond acceptors (Lipinski definition) is 4. The van der Waals surface area contributed by atoms with Crippen molar-refractivity contribution in [1.82, 2.24) is 15.1 Å². The van der Waals surface area contributed by atoms with Crippen molar-refractivity contribution in [3.8, 4) is 0 Å². The summed E-state index contributed by atoms with van der Waals surface area (Å²) in [7, 11) is 0. The number of imide groups is 1. The van der Waals surface area contributed by atoms with Crippen molar-refractivity contribution in [2.45, 2.75) is 45.2 Å². The number of anilines is 1. The number of amides is 5. The molecule has 8 nitrogen and oxygen atoms in total. The minimum atomic E-state index is -0.809. The van der Waals surface area contributed by atoms with E-state index in [0.29, 0.717) is 25.1 Å². The molecular weight excluding hydrogens is 360 g/mol. The number of benzene rings is 1. The van der Waals surface area contributed by atoms with Crippen molar-refractivity contribution in [2.75, 3.05) is 18.4 Å². The Balaban J connectivity index is 1.56. The fourth-order valence-corrected chi connectivity index (χ4v) is 3.70. The van der Waals surface area contributed by atoms with Gasteiger partial charge in [-0.25, -0.2) is 4.79 Å². The Morgan fingerprint density at radius 3 is 2.50 bits per heavy atom. The van der Waals surface area contributed by atoms with Gasteiger partial charge in [0.05, 0.1) is 12.3 Å². The van der Waals surface area contributed by atoms with Crippen molar-refractivity contribution in [1.29, 1.82) is 0 Å².